The van der Waals surface area contributed by atoms with E-state index in [1.807, 2.05) is 22.9 Å². The minimum absolute atomic E-state index is 0.606. The number of halogens is 1. The molecule has 6 heteroatoms. The van der Waals surface area contributed by atoms with Crippen LogP contribution in [0.4, 0.5) is 5.69 Å². The van der Waals surface area contributed by atoms with E-state index in [2.05, 4.69) is 20.7 Å². The Morgan fingerprint density at radius 2 is 2.24 bits per heavy atom. The molecule has 1 unspecified atom stereocenters. The molecule has 3 nitrogen and oxygen atoms in total. The van der Waals surface area contributed by atoms with E-state index in [-0.39, 0.29) is 0 Å². The van der Waals surface area contributed by atoms with Crippen LogP contribution in [0.2, 0.25) is 0 Å². The van der Waals surface area contributed by atoms with Gasteiger partial charge in [0.05, 0.1) is 12.8 Å². The van der Waals surface area contributed by atoms with Crippen molar-refractivity contribution in [2.75, 3.05) is 11.8 Å². The van der Waals surface area contributed by atoms with Crippen LogP contribution in [0, 0.1) is 0 Å². The molecule has 2 rings (SSSR count). The third kappa shape index (κ3) is 3.08. The summed E-state index contributed by atoms with van der Waals surface area (Å²) in [4.78, 5) is 0.619. The van der Waals surface area contributed by atoms with Crippen LogP contribution in [0.5, 0.6) is 5.75 Å². The molecular weight excluding hydrogens is 322 g/mol. The summed E-state index contributed by atoms with van der Waals surface area (Å²) in [6.07, 6.45) is 0. The van der Waals surface area contributed by atoms with Gasteiger partial charge in [0, 0.05) is 9.85 Å². The monoisotopic (exact) mass is 331 g/mol. The highest BCUT2D eigenvalue weighted by molar-refractivity contribution is 9.10. The zero-order valence-corrected chi connectivity index (χ0v) is 12.2. The summed E-state index contributed by atoms with van der Waals surface area (Å²) >= 11 is 4.91. The van der Waals surface area contributed by atoms with Crippen LogP contribution >= 0.6 is 27.3 Å². The van der Waals surface area contributed by atoms with Crippen molar-refractivity contribution in [3.05, 3.63) is 39.5 Å². The van der Waals surface area contributed by atoms with E-state index in [0.717, 1.165) is 10.2 Å². The van der Waals surface area contributed by atoms with E-state index in [0.29, 0.717) is 10.6 Å². The van der Waals surface area contributed by atoms with Gasteiger partial charge in [0.1, 0.15) is 10.6 Å². The molecule has 0 bridgehead atoms. The van der Waals surface area contributed by atoms with Gasteiger partial charge in [-0.2, -0.15) is 11.3 Å². The van der Waals surface area contributed by atoms with Gasteiger partial charge < -0.3 is 9.46 Å². The topological polar surface area (TPSA) is 38.3 Å². The maximum Gasteiger partial charge on any atom is 0.154 e. The lowest BCUT2D eigenvalue weighted by Crippen LogP contribution is -2.05. The van der Waals surface area contributed by atoms with Crippen molar-refractivity contribution in [1.82, 2.24) is 0 Å². The van der Waals surface area contributed by atoms with Gasteiger partial charge in [-0.3, -0.25) is 0 Å². The molecule has 1 atom stereocenters. The Bertz CT molecular complexity index is 528. The Balaban J connectivity index is 2.26. The maximum atomic E-state index is 12.1. The van der Waals surface area contributed by atoms with Crippen molar-refractivity contribution in [3.8, 4) is 5.75 Å². The first-order valence-corrected chi connectivity index (χ1v) is 7.63. The quantitative estimate of drug-likeness (QED) is 0.928. The molecule has 0 amide bonds. The number of nitrogens with one attached hydrogen (secondary N) is 1. The average Bonchev–Trinajstić information content (AvgIpc) is 2.81. The lowest BCUT2D eigenvalue weighted by Gasteiger charge is -2.09. The Hall–Kier alpha value is -0.850. The SMILES string of the molecule is COc1ccc(Br)cc1S(=O)Nc1ccsc1. The summed E-state index contributed by atoms with van der Waals surface area (Å²) in [5.74, 6) is 0.606. The fourth-order valence-corrected chi connectivity index (χ4v) is 3.47. The van der Waals surface area contributed by atoms with E-state index in [1.54, 1.807) is 30.6 Å². The molecule has 90 valence electrons. The van der Waals surface area contributed by atoms with Gasteiger partial charge in [0.2, 0.25) is 0 Å². The van der Waals surface area contributed by atoms with E-state index < -0.39 is 11.0 Å². The highest BCUT2D eigenvalue weighted by atomic mass is 79.9. The Morgan fingerprint density at radius 3 is 2.88 bits per heavy atom. The number of hydrogen-bond acceptors (Lipinski definition) is 3. The molecule has 1 N–H and O–H groups in total. The molecule has 1 heterocycles. The Morgan fingerprint density at radius 1 is 1.41 bits per heavy atom. The molecule has 1 aromatic heterocycles. The van der Waals surface area contributed by atoms with Gasteiger partial charge in [-0.05, 0) is 29.6 Å². The first-order chi connectivity index (χ1) is 8.20. The summed E-state index contributed by atoms with van der Waals surface area (Å²) in [5.41, 5.74) is 0.843. The van der Waals surface area contributed by atoms with E-state index in [9.17, 15) is 4.21 Å². The molecule has 1 aromatic carbocycles. The second-order valence-electron chi connectivity index (χ2n) is 3.18. The van der Waals surface area contributed by atoms with Crippen molar-refractivity contribution in [2.24, 2.45) is 0 Å². The van der Waals surface area contributed by atoms with Crippen molar-refractivity contribution < 1.29 is 8.95 Å². The highest BCUT2D eigenvalue weighted by Crippen LogP contribution is 2.27. The van der Waals surface area contributed by atoms with Crippen LogP contribution in [0.3, 0.4) is 0 Å². The summed E-state index contributed by atoms with van der Waals surface area (Å²) < 4.78 is 21.1. The van der Waals surface area contributed by atoms with Crippen LogP contribution in [0.25, 0.3) is 0 Å². The second kappa shape index (κ2) is 5.66. The molecule has 0 radical (unpaired) electrons. The molecule has 0 fully saturated rings. The van der Waals surface area contributed by atoms with Gasteiger partial charge in [-0.15, -0.1) is 0 Å². The lowest BCUT2D eigenvalue weighted by molar-refractivity contribution is 0.404. The zero-order chi connectivity index (χ0) is 12.3. The summed E-state index contributed by atoms with van der Waals surface area (Å²) in [7, 11) is 0.231. The van der Waals surface area contributed by atoms with Gasteiger partial charge in [0.15, 0.2) is 11.0 Å². The minimum atomic E-state index is -1.33. The number of benzene rings is 1. The van der Waals surface area contributed by atoms with Crippen LogP contribution in [0.1, 0.15) is 0 Å². The molecule has 0 aliphatic heterocycles. The Labute approximate surface area is 115 Å². The molecule has 17 heavy (non-hydrogen) atoms. The standard InChI is InChI=1S/C11H10BrNO2S2/c1-15-10-3-2-8(12)6-11(10)17(14)13-9-4-5-16-7-9/h2-7,13H,1H3. The fraction of sp³-hybridized carbons (Fsp3) is 0.0909. The number of ether oxygens (including phenoxy) is 1. The number of thiophene rings is 1. The van der Waals surface area contributed by atoms with Crippen molar-refractivity contribution in [3.63, 3.8) is 0 Å². The third-order valence-electron chi connectivity index (χ3n) is 2.06. The Kier molecular flexibility index (Phi) is 4.20. The number of rotatable bonds is 4. The molecule has 0 aliphatic rings. The van der Waals surface area contributed by atoms with Gasteiger partial charge in [-0.1, -0.05) is 15.9 Å². The molecule has 2 aromatic rings. The number of methoxy groups -OCH3 is 1. The maximum absolute atomic E-state index is 12.1. The summed E-state index contributed by atoms with van der Waals surface area (Å²) in [6, 6.07) is 7.30. The molecule has 0 aliphatic carbocycles. The van der Waals surface area contributed by atoms with Crippen LogP contribution in [0.15, 0.2) is 44.4 Å². The first kappa shape index (κ1) is 12.6. The zero-order valence-electron chi connectivity index (χ0n) is 8.98. The summed E-state index contributed by atoms with van der Waals surface area (Å²) in [5, 5.41) is 3.83. The normalized spacial score (nSPS) is 12.1. The number of hydrogen-bond donors (Lipinski definition) is 1. The summed E-state index contributed by atoms with van der Waals surface area (Å²) in [6.45, 7) is 0. The molecular formula is C11H10BrNO2S2. The van der Waals surface area contributed by atoms with Crippen molar-refractivity contribution >= 4 is 43.9 Å². The van der Waals surface area contributed by atoms with Crippen LogP contribution in [-0.4, -0.2) is 11.3 Å². The smallest absolute Gasteiger partial charge is 0.154 e. The lowest BCUT2D eigenvalue weighted by atomic mass is 10.3. The van der Waals surface area contributed by atoms with Crippen LogP contribution < -0.4 is 9.46 Å². The highest BCUT2D eigenvalue weighted by Gasteiger charge is 2.11. The van der Waals surface area contributed by atoms with E-state index >= 15 is 0 Å². The van der Waals surface area contributed by atoms with Gasteiger partial charge in [0.25, 0.3) is 0 Å². The molecule has 0 spiro atoms. The predicted molar refractivity (Wildman–Crippen MR) is 75.0 cm³/mol. The number of anilines is 1. The predicted octanol–water partition coefficient (Wildman–Crippen LogP) is 3.65. The second-order valence-corrected chi connectivity index (χ2v) is 6.06. The van der Waals surface area contributed by atoms with Crippen molar-refractivity contribution in [2.45, 2.75) is 4.90 Å². The van der Waals surface area contributed by atoms with E-state index in [4.69, 9.17) is 4.74 Å². The average molecular weight is 332 g/mol. The largest absolute Gasteiger partial charge is 0.495 e. The van der Waals surface area contributed by atoms with Crippen molar-refractivity contribution in [1.29, 1.82) is 0 Å². The van der Waals surface area contributed by atoms with Crippen LogP contribution in [-0.2, 0) is 11.0 Å². The molecule has 0 saturated carbocycles. The molecule has 0 saturated heterocycles. The minimum Gasteiger partial charge on any atom is -0.495 e. The fourth-order valence-electron chi connectivity index (χ4n) is 1.28. The van der Waals surface area contributed by atoms with Gasteiger partial charge >= 0.3 is 0 Å². The first-order valence-electron chi connectivity index (χ1n) is 4.75. The third-order valence-corrected chi connectivity index (χ3v) is 4.37. The van der Waals surface area contributed by atoms with Gasteiger partial charge in [-0.25, -0.2) is 4.21 Å². The van der Waals surface area contributed by atoms with E-state index in [1.165, 1.54) is 0 Å².